The van der Waals surface area contributed by atoms with E-state index in [0.717, 1.165) is 48.2 Å². The van der Waals surface area contributed by atoms with Gasteiger partial charge in [0.2, 0.25) is 0 Å². The van der Waals surface area contributed by atoms with Gasteiger partial charge >= 0.3 is 6.09 Å². The van der Waals surface area contributed by atoms with E-state index in [9.17, 15) is 9.59 Å². The van der Waals surface area contributed by atoms with Crippen molar-refractivity contribution >= 4 is 23.5 Å². The van der Waals surface area contributed by atoms with Gasteiger partial charge in [-0.1, -0.05) is 30.3 Å². The summed E-state index contributed by atoms with van der Waals surface area (Å²) >= 11 is 0. The van der Waals surface area contributed by atoms with E-state index in [4.69, 9.17) is 9.72 Å². The molecule has 9 nitrogen and oxygen atoms in total. The lowest BCUT2D eigenvalue weighted by Crippen LogP contribution is -2.39. The molecule has 9 heteroatoms. The zero-order valence-electron chi connectivity index (χ0n) is 20.4. The molecule has 2 amide bonds. The van der Waals surface area contributed by atoms with Crippen molar-refractivity contribution in [2.75, 3.05) is 18.4 Å². The maximum Gasteiger partial charge on any atom is 0.410 e. The lowest BCUT2D eigenvalue weighted by Gasteiger charge is -2.32. The Morgan fingerprint density at radius 1 is 1.03 bits per heavy atom. The Labute approximate surface area is 214 Å². The average molecular weight is 497 g/mol. The van der Waals surface area contributed by atoms with E-state index >= 15 is 0 Å². The van der Waals surface area contributed by atoms with E-state index in [0.29, 0.717) is 30.4 Å². The van der Waals surface area contributed by atoms with Crippen molar-refractivity contribution in [3.05, 3.63) is 89.5 Å². The molecule has 1 atom stereocenters. The number of piperidine rings is 1. The van der Waals surface area contributed by atoms with Crippen LogP contribution in [0.3, 0.4) is 0 Å². The normalized spacial score (nSPS) is 17.5. The van der Waals surface area contributed by atoms with Gasteiger partial charge in [0.05, 0.1) is 17.5 Å². The number of fused-ring (bicyclic) bond motifs is 1. The highest BCUT2D eigenvalue weighted by Gasteiger charge is 2.31. The summed E-state index contributed by atoms with van der Waals surface area (Å²) in [4.78, 5) is 36.6. The molecule has 37 heavy (non-hydrogen) atoms. The number of anilines is 1. The molecule has 3 aromatic heterocycles. The molecule has 0 radical (unpaired) electrons. The minimum atomic E-state index is -0.317. The summed E-state index contributed by atoms with van der Waals surface area (Å²) in [6, 6.07) is 15.0. The predicted octanol–water partition coefficient (Wildman–Crippen LogP) is 4.77. The number of carbonyl (C=O) groups is 2. The van der Waals surface area contributed by atoms with Crippen LogP contribution in [0.1, 0.15) is 64.7 Å². The van der Waals surface area contributed by atoms with Crippen LogP contribution >= 0.6 is 0 Å². The Morgan fingerprint density at radius 3 is 2.68 bits per heavy atom. The van der Waals surface area contributed by atoms with Gasteiger partial charge in [-0.3, -0.25) is 9.78 Å². The van der Waals surface area contributed by atoms with Crippen molar-refractivity contribution in [1.82, 2.24) is 24.5 Å². The third-order valence-electron chi connectivity index (χ3n) is 7.00. The van der Waals surface area contributed by atoms with Gasteiger partial charge in [0.15, 0.2) is 5.65 Å². The fourth-order valence-corrected chi connectivity index (χ4v) is 4.86. The summed E-state index contributed by atoms with van der Waals surface area (Å²) in [6.07, 6.45) is 8.70. The van der Waals surface area contributed by atoms with Gasteiger partial charge in [-0.15, -0.1) is 0 Å². The minimum Gasteiger partial charge on any atom is -0.445 e. The molecule has 2 fully saturated rings. The molecule has 0 bridgehead atoms. The zero-order chi connectivity index (χ0) is 25.2. The fourth-order valence-electron chi connectivity index (χ4n) is 4.86. The first-order valence-corrected chi connectivity index (χ1v) is 12.7. The highest BCUT2D eigenvalue weighted by atomic mass is 16.6. The van der Waals surface area contributed by atoms with Gasteiger partial charge in [0, 0.05) is 43.0 Å². The van der Waals surface area contributed by atoms with Gasteiger partial charge in [-0.25, -0.2) is 9.78 Å². The number of ether oxygens (including phenoxy) is 1. The molecule has 0 spiro atoms. The summed E-state index contributed by atoms with van der Waals surface area (Å²) in [5.74, 6) is 0.784. The minimum absolute atomic E-state index is 0.0269. The molecule has 1 aromatic carbocycles. The molecule has 1 N–H and O–H groups in total. The van der Waals surface area contributed by atoms with Gasteiger partial charge in [-0.05, 0) is 49.3 Å². The molecule has 1 aliphatic carbocycles. The van der Waals surface area contributed by atoms with E-state index < -0.39 is 0 Å². The standard InChI is InChI=1S/C28H28N6O3/c35-27(21-8-4-12-29-15-21)32-25-14-24(31-26-23(20-10-11-20)16-30-34(25)26)22-9-5-13-33(17-22)28(36)37-18-19-6-2-1-3-7-19/h1-4,6-8,12,14-16,20,22H,5,9-11,13,17-18H2,(H,32,35). The van der Waals surface area contributed by atoms with Crippen LogP contribution in [0.15, 0.2) is 67.1 Å². The predicted molar refractivity (Wildman–Crippen MR) is 137 cm³/mol. The number of likely N-dealkylation sites (tertiary alicyclic amines) is 1. The van der Waals surface area contributed by atoms with Crippen molar-refractivity contribution in [3.63, 3.8) is 0 Å². The number of aromatic nitrogens is 4. The second-order valence-electron chi connectivity index (χ2n) is 9.70. The highest BCUT2D eigenvalue weighted by molar-refractivity contribution is 6.03. The lowest BCUT2D eigenvalue weighted by atomic mass is 9.94. The van der Waals surface area contributed by atoms with Crippen LogP contribution in [0.2, 0.25) is 0 Å². The first-order chi connectivity index (χ1) is 18.2. The molecule has 4 aromatic rings. The number of nitrogens with zero attached hydrogens (tertiary/aromatic N) is 5. The monoisotopic (exact) mass is 496 g/mol. The third-order valence-corrected chi connectivity index (χ3v) is 7.00. The van der Waals surface area contributed by atoms with E-state index in [1.165, 1.54) is 6.20 Å². The first kappa shape index (κ1) is 23.1. The second-order valence-corrected chi connectivity index (χ2v) is 9.70. The Morgan fingerprint density at radius 2 is 1.89 bits per heavy atom. The molecule has 1 saturated heterocycles. The number of nitrogens with one attached hydrogen (secondary N) is 1. The second kappa shape index (κ2) is 10.0. The van der Waals surface area contributed by atoms with Crippen LogP contribution in [-0.2, 0) is 11.3 Å². The van der Waals surface area contributed by atoms with E-state index in [1.807, 2.05) is 42.6 Å². The van der Waals surface area contributed by atoms with Crippen LogP contribution in [0, 0.1) is 0 Å². The first-order valence-electron chi connectivity index (χ1n) is 12.7. The van der Waals surface area contributed by atoms with E-state index in [1.54, 1.807) is 27.7 Å². The van der Waals surface area contributed by atoms with Crippen molar-refractivity contribution in [3.8, 4) is 0 Å². The largest absolute Gasteiger partial charge is 0.445 e. The van der Waals surface area contributed by atoms with Crippen LogP contribution in [0.25, 0.3) is 5.65 Å². The maximum absolute atomic E-state index is 12.9. The molecule has 188 valence electrons. The van der Waals surface area contributed by atoms with E-state index in [-0.39, 0.29) is 24.5 Å². The Kier molecular flexibility index (Phi) is 6.26. The summed E-state index contributed by atoms with van der Waals surface area (Å²) in [7, 11) is 0. The zero-order valence-corrected chi connectivity index (χ0v) is 20.4. The molecule has 1 unspecified atom stereocenters. The number of pyridine rings is 1. The number of benzene rings is 1. The third kappa shape index (κ3) is 5.02. The topological polar surface area (TPSA) is 102 Å². The highest BCUT2D eigenvalue weighted by Crippen LogP contribution is 2.42. The number of hydrogen-bond acceptors (Lipinski definition) is 6. The molecular weight excluding hydrogens is 468 g/mol. The Hall–Kier alpha value is -4.27. The summed E-state index contributed by atoms with van der Waals surface area (Å²) in [6.45, 7) is 1.41. The van der Waals surface area contributed by atoms with Crippen molar-refractivity contribution in [2.45, 2.75) is 44.1 Å². The maximum atomic E-state index is 12.9. The summed E-state index contributed by atoms with van der Waals surface area (Å²) in [5, 5.41) is 7.55. The van der Waals surface area contributed by atoms with Crippen LogP contribution in [-0.4, -0.2) is 49.6 Å². The Balaban J connectivity index is 1.25. The smallest absolute Gasteiger partial charge is 0.410 e. The molecular formula is C28H28N6O3. The molecule has 2 aliphatic rings. The van der Waals surface area contributed by atoms with Gasteiger partial charge in [0.1, 0.15) is 12.4 Å². The fraction of sp³-hybridized carbons (Fsp3) is 0.321. The average Bonchev–Trinajstić information content (AvgIpc) is 3.71. The quantitative estimate of drug-likeness (QED) is 0.413. The van der Waals surface area contributed by atoms with Crippen molar-refractivity contribution in [1.29, 1.82) is 0 Å². The number of hydrogen-bond donors (Lipinski definition) is 1. The summed E-state index contributed by atoms with van der Waals surface area (Å²) in [5.41, 5.74) is 4.14. The van der Waals surface area contributed by atoms with E-state index in [2.05, 4.69) is 15.4 Å². The van der Waals surface area contributed by atoms with Gasteiger partial charge < -0.3 is 15.0 Å². The molecule has 1 aliphatic heterocycles. The summed E-state index contributed by atoms with van der Waals surface area (Å²) < 4.78 is 7.29. The van der Waals surface area contributed by atoms with Gasteiger partial charge in [-0.2, -0.15) is 9.61 Å². The van der Waals surface area contributed by atoms with Crippen LogP contribution in [0.4, 0.5) is 10.6 Å². The number of rotatable bonds is 6. The van der Waals surface area contributed by atoms with Gasteiger partial charge in [0.25, 0.3) is 5.91 Å². The number of amides is 2. The SMILES string of the molecule is O=C(Nc1cc(C2CCCN(C(=O)OCc3ccccc3)C2)nc2c(C3CC3)cnn12)c1cccnc1. The van der Waals surface area contributed by atoms with Crippen molar-refractivity contribution in [2.24, 2.45) is 0 Å². The Bertz CT molecular complexity index is 1420. The molecule has 1 saturated carbocycles. The molecule has 4 heterocycles. The molecule has 6 rings (SSSR count). The lowest BCUT2D eigenvalue weighted by molar-refractivity contribution is 0.0856. The number of carbonyl (C=O) groups excluding carboxylic acids is 2. The van der Waals surface area contributed by atoms with Crippen LogP contribution in [0.5, 0.6) is 0 Å². The van der Waals surface area contributed by atoms with Crippen LogP contribution < -0.4 is 5.32 Å². The van der Waals surface area contributed by atoms with Crippen molar-refractivity contribution < 1.29 is 14.3 Å².